The first-order valence-corrected chi connectivity index (χ1v) is 10.5. The van der Waals surface area contributed by atoms with Crippen molar-refractivity contribution in [2.75, 3.05) is 0 Å². The summed E-state index contributed by atoms with van der Waals surface area (Å²) in [7, 11) is -3.84. The summed E-state index contributed by atoms with van der Waals surface area (Å²) in [6.07, 6.45) is 0. The van der Waals surface area contributed by atoms with Crippen LogP contribution in [0.5, 0.6) is 5.75 Å². The molecule has 0 bridgehead atoms. The number of ether oxygens (including phenoxy) is 1. The van der Waals surface area contributed by atoms with Gasteiger partial charge < -0.3 is 0 Å². The first kappa shape index (κ1) is 18.9. The number of halogens is 1. The molecule has 0 radical (unpaired) electrons. The number of fused-ring (bicyclic) bond motifs is 1. The predicted molar refractivity (Wildman–Crippen MR) is 99.4 cm³/mol. The van der Waals surface area contributed by atoms with Crippen LogP contribution in [0.4, 0.5) is 0 Å². The van der Waals surface area contributed by atoms with Crippen molar-refractivity contribution < 1.29 is 18.9 Å². The van der Waals surface area contributed by atoms with E-state index in [0.29, 0.717) is 5.75 Å². The molecule has 0 aliphatic heterocycles. The molecule has 2 rings (SSSR count). The molecule has 0 aliphatic rings. The number of hydrogen-bond donors (Lipinski definition) is 2. The van der Waals surface area contributed by atoms with Gasteiger partial charge >= 0.3 is 147 Å². The first-order chi connectivity index (χ1) is 11.1. The molecule has 0 fully saturated rings. The van der Waals surface area contributed by atoms with Crippen LogP contribution < -0.4 is 9.61 Å². The number of rotatable bonds is 5. The van der Waals surface area contributed by atoms with Crippen molar-refractivity contribution in [3.8, 4) is 5.75 Å². The molecule has 2 N–H and O–H groups in total. The van der Waals surface area contributed by atoms with Crippen molar-refractivity contribution in [3.63, 3.8) is 0 Å². The van der Waals surface area contributed by atoms with E-state index in [-0.39, 0.29) is 0 Å². The minimum atomic E-state index is -3.84. The van der Waals surface area contributed by atoms with Gasteiger partial charge in [-0.3, -0.25) is 0 Å². The Morgan fingerprint density at radius 3 is 2.50 bits per heavy atom. The van der Waals surface area contributed by atoms with Crippen LogP contribution >= 0.6 is 18.5 Å². The number of hydrogen-bond acceptors (Lipinski definition) is 5. The van der Waals surface area contributed by atoms with E-state index in [4.69, 9.17) is 20.5 Å². The SMILES string of the molecule is C[C@H](N[PH](O)(Cl)Oc1cccc2ccccc12)C(=O)OC(C)(C)C. The topological polar surface area (TPSA) is 67.8 Å². The van der Waals surface area contributed by atoms with Gasteiger partial charge in [0.15, 0.2) is 0 Å². The molecule has 7 heteroatoms. The molecule has 0 aliphatic carbocycles. The van der Waals surface area contributed by atoms with E-state index in [1.807, 2.05) is 36.4 Å². The molecule has 0 saturated heterocycles. The third-order valence-electron chi connectivity index (χ3n) is 3.15. The van der Waals surface area contributed by atoms with E-state index in [1.165, 1.54) is 0 Å². The summed E-state index contributed by atoms with van der Waals surface area (Å²) in [4.78, 5) is 22.4. The summed E-state index contributed by atoms with van der Waals surface area (Å²) >= 11 is 6.13. The molecule has 0 saturated carbocycles. The van der Waals surface area contributed by atoms with Crippen LogP contribution in [0, 0.1) is 0 Å². The quantitative estimate of drug-likeness (QED) is 0.609. The van der Waals surface area contributed by atoms with Crippen LogP contribution in [0.15, 0.2) is 42.5 Å². The summed E-state index contributed by atoms with van der Waals surface area (Å²) in [6.45, 7) is 6.89. The van der Waals surface area contributed by atoms with Gasteiger partial charge in [-0.2, -0.15) is 0 Å². The molecule has 2 aromatic carbocycles. The van der Waals surface area contributed by atoms with Gasteiger partial charge in [0, 0.05) is 0 Å². The Kier molecular flexibility index (Phi) is 5.71. The number of nitrogens with one attached hydrogen (secondary N) is 1. The van der Waals surface area contributed by atoms with E-state index in [2.05, 4.69) is 5.09 Å². The van der Waals surface area contributed by atoms with Crippen molar-refractivity contribution in [3.05, 3.63) is 42.5 Å². The molecule has 2 aromatic rings. The average molecular weight is 372 g/mol. The standard InChI is InChI=1S/C17H23ClNO4P/c1-12(16(20)22-17(2,3)4)19-24(18,21)23-15-11-7-9-13-8-5-6-10-14(13)15/h5-12,19,21,24H,1-4H3/t12-/m0/s1. The van der Waals surface area contributed by atoms with Crippen molar-refractivity contribution >= 4 is 35.2 Å². The Labute approximate surface area is 147 Å². The summed E-state index contributed by atoms with van der Waals surface area (Å²) in [5, 5.41) is 4.46. The Bertz CT molecular complexity index is 725. The van der Waals surface area contributed by atoms with Gasteiger partial charge in [0.2, 0.25) is 0 Å². The second-order valence-corrected chi connectivity index (χ2v) is 9.69. The van der Waals surface area contributed by atoms with Gasteiger partial charge in [0.1, 0.15) is 0 Å². The molecule has 132 valence electrons. The third-order valence-corrected chi connectivity index (χ3v) is 4.99. The first-order valence-electron chi connectivity index (χ1n) is 7.66. The third kappa shape index (κ3) is 5.32. The zero-order valence-corrected chi connectivity index (χ0v) is 15.9. The van der Waals surface area contributed by atoms with Crippen LogP contribution in [0.2, 0.25) is 0 Å². The molecule has 1 atom stereocenters. The maximum absolute atomic E-state index is 12.0. The monoisotopic (exact) mass is 371 g/mol. The van der Waals surface area contributed by atoms with Gasteiger partial charge in [0.25, 0.3) is 0 Å². The van der Waals surface area contributed by atoms with E-state index in [9.17, 15) is 9.69 Å². The minimum absolute atomic E-state index is 0.459. The van der Waals surface area contributed by atoms with Gasteiger partial charge in [-0.05, 0) is 0 Å². The molecule has 0 amide bonds. The summed E-state index contributed by atoms with van der Waals surface area (Å²) < 4.78 is 10.9. The molecule has 24 heavy (non-hydrogen) atoms. The fourth-order valence-corrected chi connectivity index (χ4v) is 4.10. The fraction of sp³-hybridized carbons (Fsp3) is 0.353. The summed E-state index contributed by atoms with van der Waals surface area (Å²) in [5.41, 5.74) is -0.616. The van der Waals surface area contributed by atoms with Crippen LogP contribution in [0.3, 0.4) is 0 Å². The van der Waals surface area contributed by atoms with E-state index in [1.54, 1.807) is 33.8 Å². The molecule has 0 spiro atoms. The molecule has 0 heterocycles. The molecule has 0 aromatic heterocycles. The second kappa shape index (κ2) is 7.24. The summed E-state index contributed by atoms with van der Waals surface area (Å²) in [6, 6.07) is 12.3. The summed E-state index contributed by atoms with van der Waals surface area (Å²) in [5.74, 6) is -0.0447. The van der Waals surface area contributed by atoms with Gasteiger partial charge in [-0.15, -0.1) is 0 Å². The van der Waals surface area contributed by atoms with Gasteiger partial charge in [-0.1, -0.05) is 0 Å². The Balaban J connectivity index is 2.11. The predicted octanol–water partition coefficient (Wildman–Crippen LogP) is 4.18. The van der Waals surface area contributed by atoms with Crippen molar-refractivity contribution in [1.29, 1.82) is 0 Å². The van der Waals surface area contributed by atoms with Crippen LogP contribution in [-0.2, 0) is 9.53 Å². The normalized spacial score (nSPS) is 14.2. The average Bonchev–Trinajstić information content (AvgIpc) is 2.45. The van der Waals surface area contributed by atoms with E-state index in [0.717, 1.165) is 10.8 Å². The maximum atomic E-state index is 12.0. The number of carbonyl (C=O) groups is 1. The van der Waals surface area contributed by atoms with Crippen LogP contribution in [0.25, 0.3) is 10.8 Å². The molecule has 5 nitrogen and oxygen atoms in total. The van der Waals surface area contributed by atoms with Crippen molar-refractivity contribution in [2.24, 2.45) is 0 Å². The zero-order chi connectivity index (χ0) is 18.0. The van der Waals surface area contributed by atoms with Crippen molar-refractivity contribution in [2.45, 2.75) is 39.3 Å². The van der Waals surface area contributed by atoms with Crippen LogP contribution in [0.1, 0.15) is 27.7 Å². The Morgan fingerprint density at radius 1 is 1.21 bits per heavy atom. The van der Waals surface area contributed by atoms with E-state index >= 15 is 0 Å². The fourth-order valence-electron chi connectivity index (χ4n) is 2.18. The number of benzene rings is 2. The molecular formula is C17H23ClNO4P. The van der Waals surface area contributed by atoms with E-state index < -0.39 is 24.8 Å². The van der Waals surface area contributed by atoms with Crippen molar-refractivity contribution in [1.82, 2.24) is 5.09 Å². The number of esters is 1. The Morgan fingerprint density at radius 2 is 1.83 bits per heavy atom. The molecule has 0 unspecified atom stereocenters. The number of carbonyl (C=O) groups excluding carboxylic acids is 1. The molecular weight excluding hydrogens is 349 g/mol. The van der Waals surface area contributed by atoms with Crippen LogP contribution in [-0.4, -0.2) is 22.5 Å². The Hall–Kier alpha value is -1.39. The second-order valence-electron chi connectivity index (χ2n) is 6.54. The van der Waals surface area contributed by atoms with Gasteiger partial charge in [0.05, 0.1) is 0 Å². The zero-order valence-electron chi connectivity index (χ0n) is 14.2. The van der Waals surface area contributed by atoms with Gasteiger partial charge in [-0.25, -0.2) is 0 Å².